The van der Waals surface area contributed by atoms with Gasteiger partial charge >= 0.3 is 5.97 Å². The lowest BCUT2D eigenvalue weighted by atomic mass is 10.1. The van der Waals surface area contributed by atoms with E-state index in [1.54, 1.807) is 43.3 Å². The minimum Gasteiger partial charge on any atom is -0.462 e. The van der Waals surface area contributed by atoms with Crippen molar-refractivity contribution in [1.29, 1.82) is 0 Å². The van der Waals surface area contributed by atoms with E-state index in [0.29, 0.717) is 5.75 Å². The zero-order valence-electron chi connectivity index (χ0n) is 15.9. The number of carbonyl (C=O) groups is 2. The van der Waals surface area contributed by atoms with Crippen LogP contribution in [-0.2, 0) is 4.74 Å². The van der Waals surface area contributed by atoms with Gasteiger partial charge in [0.2, 0.25) is 5.88 Å². The lowest BCUT2D eigenvalue weighted by Crippen LogP contribution is -2.15. The molecule has 1 heterocycles. The summed E-state index contributed by atoms with van der Waals surface area (Å²) < 4.78 is 10.6. The van der Waals surface area contributed by atoms with E-state index in [0.717, 1.165) is 12.1 Å². The highest BCUT2D eigenvalue weighted by molar-refractivity contribution is 6.06. The highest BCUT2D eigenvalue weighted by atomic mass is 16.6. The fourth-order valence-electron chi connectivity index (χ4n) is 2.54. The van der Waals surface area contributed by atoms with E-state index < -0.39 is 22.5 Å². The number of para-hydroxylation sites is 1. The highest BCUT2D eigenvalue weighted by Gasteiger charge is 2.20. The molecule has 0 saturated carbocycles. The summed E-state index contributed by atoms with van der Waals surface area (Å²) in [6, 6.07) is 15.4. The minimum absolute atomic E-state index is 0.0817. The zero-order chi connectivity index (χ0) is 21.5. The number of aromatic nitrogens is 1. The van der Waals surface area contributed by atoms with E-state index in [2.05, 4.69) is 10.3 Å². The number of rotatable bonds is 7. The quantitative estimate of drug-likeness (QED) is 0.354. The average molecular weight is 407 g/mol. The number of esters is 1. The summed E-state index contributed by atoms with van der Waals surface area (Å²) in [5, 5.41) is 13.8. The number of hydrogen-bond donors (Lipinski definition) is 1. The first-order valence-electron chi connectivity index (χ1n) is 8.94. The second-order valence-electron chi connectivity index (χ2n) is 5.97. The molecular weight excluding hydrogens is 390 g/mol. The largest absolute Gasteiger partial charge is 0.462 e. The van der Waals surface area contributed by atoms with Gasteiger partial charge in [0, 0.05) is 23.9 Å². The SMILES string of the molecule is CCOC(=O)c1cc(C(=O)Nc2cccnc2Oc2ccccc2)cc([N+](=O)[O-])c1. The molecule has 0 radical (unpaired) electrons. The molecule has 152 valence electrons. The lowest BCUT2D eigenvalue weighted by molar-refractivity contribution is -0.384. The Labute approximate surface area is 171 Å². The van der Waals surface area contributed by atoms with Crippen molar-refractivity contribution in [2.75, 3.05) is 11.9 Å². The fourth-order valence-corrected chi connectivity index (χ4v) is 2.54. The summed E-state index contributed by atoms with van der Waals surface area (Å²) >= 11 is 0. The Morgan fingerprint density at radius 1 is 1.07 bits per heavy atom. The molecule has 1 aromatic heterocycles. The molecule has 0 fully saturated rings. The fraction of sp³-hybridized carbons (Fsp3) is 0.0952. The number of pyridine rings is 1. The molecule has 3 aromatic rings. The number of nitro groups is 1. The molecule has 0 spiro atoms. The summed E-state index contributed by atoms with van der Waals surface area (Å²) in [5.74, 6) is -0.764. The molecule has 0 aliphatic heterocycles. The van der Waals surface area contributed by atoms with Crippen molar-refractivity contribution in [3.63, 3.8) is 0 Å². The predicted molar refractivity (Wildman–Crippen MR) is 108 cm³/mol. The van der Waals surface area contributed by atoms with Gasteiger partial charge in [-0.3, -0.25) is 14.9 Å². The molecule has 3 rings (SSSR count). The Morgan fingerprint density at radius 3 is 2.50 bits per heavy atom. The van der Waals surface area contributed by atoms with Crippen molar-refractivity contribution < 1.29 is 24.0 Å². The molecule has 30 heavy (non-hydrogen) atoms. The molecule has 9 nitrogen and oxygen atoms in total. The van der Waals surface area contributed by atoms with Gasteiger partial charge in [-0.05, 0) is 37.3 Å². The molecule has 0 saturated heterocycles. The first kappa shape index (κ1) is 20.5. The van der Waals surface area contributed by atoms with Gasteiger partial charge in [0.25, 0.3) is 11.6 Å². The van der Waals surface area contributed by atoms with Gasteiger partial charge < -0.3 is 14.8 Å². The van der Waals surface area contributed by atoms with E-state index in [1.807, 2.05) is 6.07 Å². The number of hydrogen-bond acceptors (Lipinski definition) is 7. The maximum absolute atomic E-state index is 12.8. The number of benzene rings is 2. The number of carbonyl (C=O) groups excluding carboxylic acids is 2. The number of nitro benzene ring substituents is 1. The first-order chi connectivity index (χ1) is 14.5. The van der Waals surface area contributed by atoms with Crippen molar-refractivity contribution in [3.8, 4) is 11.6 Å². The standard InChI is InChI=1S/C21H17N3O6/c1-2-29-21(26)15-11-14(12-16(13-15)24(27)28)19(25)23-18-9-6-10-22-20(18)30-17-7-4-3-5-8-17/h3-13H,2H2,1H3,(H,23,25). The van der Waals surface area contributed by atoms with Gasteiger partial charge in [0.15, 0.2) is 0 Å². The molecule has 1 N–H and O–H groups in total. The van der Waals surface area contributed by atoms with Crippen molar-refractivity contribution in [2.45, 2.75) is 6.92 Å². The normalized spacial score (nSPS) is 10.2. The Balaban J connectivity index is 1.89. The summed E-state index contributed by atoms with van der Waals surface area (Å²) in [6.45, 7) is 1.71. The Hall–Kier alpha value is -4.27. The van der Waals surface area contributed by atoms with Crippen LogP contribution in [0.2, 0.25) is 0 Å². The third-order valence-electron chi connectivity index (χ3n) is 3.88. The van der Waals surface area contributed by atoms with Crippen molar-refractivity contribution in [2.24, 2.45) is 0 Å². The van der Waals surface area contributed by atoms with Crippen LogP contribution in [0.5, 0.6) is 11.6 Å². The van der Waals surface area contributed by atoms with Crippen LogP contribution in [0.1, 0.15) is 27.6 Å². The molecule has 0 unspecified atom stereocenters. The van der Waals surface area contributed by atoms with Crippen molar-refractivity contribution in [1.82, 2.24) is 4.98 Å². The topological polar surface area (TPSA) is 121 Å². The van der Waals surface area contributed by atoms with Crippen LogP contribution < -0.4 is 10.1 Å². The Bertz CT molecular complexity index is 1090. The molecule has 2 aromatic carbocycles. The van der Waals surface area contributed by atoms with Gasteiger partial charge in [0.1, 0.15) is 11.4 Å². The molecule has 0 aliphatic carbocycles. The number of non-ortho nitro benzene ring substituents is 1. The number of amides is 1. The Morgan fingerprint density at radius 2 is 1.80 bits per heavy atom. The van der Waals surface area contributed by atoms with Crippen molar-refractivity contribution in [3.05, 3.63) is 88.1 Å². The molecular formula is C21H17N3O6. The van der Waals surface area contributed by atoms with Gasteiger partial charge in [-0.15, -0.1) is 0 Å². The molecule has 0 atom stereocenters. The van der Waals surface area contributed by atoms with Crippen LogP contribution in [0.25, 0.3) is 0 Å². The first-order valence-corrected chi connectivity index (χ1v) is 8.94. The van der Waals surface area contributed by atoms with Crippen LogP contribution in [0.15, 0.2) is 66.9 Å². The van der Waals surface area contributed by atoms with Gasteiger partial charge in [-0.1, -0.05) is 18.2 Å². The maximum atomic E-state index is 12.8. The predicted octanol–water partition coefficient (Wildman–Crippen LogP) is 4.21. The number of nitrogens with one attached hydrogen (secondary N) is 1. The zero-order valence-corrected chi connectivity index (χ0v) is 15.9. The molecule has 9 heteroatoms. The summed E-state index contributed by atoms with van der Waals surface area (Å²) in [5.41, 5.74) is -0.321. The van der Waals surface area contributed by atoms with Crippen LogP contribution in [-0.4, -0.2) is 28.4 Å². The number of nitrogens with zero attached hydrogens (tertiary/aromatic N) is 2. The minimum atomic E-state index is -0.760. The van der Waals surface area contributed by atoms with Gasteiger partial charge in [0.05, 0.1) is 17.1 Å². The summed E-state index contributed by atoms with van der Waals surface area (Å²) in [6.07, 6.45) is 1.50. The third-order valence-corrected chi connectivity index (χ3v) is 3.88. The molecule has 0 aliphatic rings. The van der Waals surface area contributed by atoms with Crippen LogP contribution >= 0.6 is 0 Å². The second-order valence-corrected chi connectivity index (χ2v) is 5.97. The highest BCUT2D eigenvalue weighted by Crippen LogP contribution is 2.27. The second kappa shape index (κ2) is 9.28. The van der Waals surface area contributed by atoms with Crippen LogP contribution in [0, 0.1) is 10.1 Å². The number of ether oxygens (including phenoxy) is 2. The van der Waals surface area contributed by atoms with Gasteiger partial charge in [-0.2, -0.15) is 0 Å². The molecule has 1 amide bonds. The maximum Gasteiger partial charge on any atom is 0.338 e. The monoisotopic (exact) mass is 407 g/mol. The van der Waals surface area contributed by atoms with Crippen molar-refractivity contribution >= 4 is 23.3 Å². The smallest absolute Gasteiger partial charge is 0.338 e. The van der Waals surface area contributed by atoms with E-state index in [4.69, 9.17) is 9.47 Å². The van der Waals surface area contributed by atoms with Crippen LogP contribution in [0.4, 0.5) is 11.4 Å². The van der Waals surface area contributed by atoms with E-state index in [9.17, 15) is 19.7 Å². The number of anilines is 1. The average Bonchev–Trinajstić information content (AvgIpc) is 2.75. The lowest BCUT2D eigenvalue weighted by Gasteiger charge is -2.11. The molecule has 0 bridgehead atoms. The van der Waals surface area contributed by atoms with E-state index in [1.165, 1.54) is 12.3 Å². The van der Waals surface area contributed by atoms with Gasteiger partial charge in [-0.25, -0.2) is 9.78 Å². The van der Waals surface area contributed by atoms with E-state index >= 15 is 0 Å². The summed E-state index contributed by atoms with van der Waals surface area (Å²) in [4.78, 5) is 39.4. The summed E-state index contributed by atoms with van der Waals surface area (Å²) in [7, 11) is 0. The Kier molecular flexibility index (Phi) is 6.33. The van der Waals surface area contributed by atoms with Crippen LogP contribution in [0.3, 0.4) is 0 Å². The van der Waals surface area contributed by atoms with E-state index in [-0.39, 0.29) is 29.3 Å². The third kappa shape index (κ3) is 4.96.